The summed E-state index contributed by atoms with van der Waals surface area (Å²) in [5.74, 6) is -2.44. The topological polar surface area (TPSA) is 80.4 Å². The lowest BCUT2D eigenvalue weighted by atomic mass is 9.83. The molecule has 0 saturated heterocycles. The van der Waals surface area contributed by atoms with Crippen LogP contribution in [0.15, 0.2) is 24.3 Å². The highest BCUT2D eigenvalue weighted by molar-refractivity contribution is 5.83. The molecule has 4 nitrogen and oxygen atoms in total. The van der Waals surface area contributed by atoms with Crippen LogP contribution in [0.3, 0.4) is 0 Å². The molecule has 0 radical (unpaired) electrons. The lowest BCUT2D eigenvalue weighted by molar-refractivity contribution is -0.147. The van der Waals surface area contributed by atoms with E-state index in [0.717, 1.165) is 38.5 Å². The Morgan fingerprint density at radius 2 is 0.667 bits per heavy atom. The number of rotatable bonds is 39. The van der Waals surface area contributed by atoms with Gasteiger partial charge in [-0.1, -0.05) is 192 Å². The van der Waals surface area contributed by atoms with Crippen LogP contribution in [0.2, 0.25) is 0 Å². The highest BCUT2D eigenvalue weighted by Gasteiger charge is 2.31. The Morgan fingerprint density at radius 3 is 0.938 bits per heavy atom. The third-order valence-corrected chi connectivity index (χ3v) is 10.2. The first kappa shape index (κ1) is 46.4. The van der Waals surface area contributed by atoms with E-state index in [1.807, 2.05) is 0 Å². The monoisotopic (exact) mass is 674 g/mol. The van der Waals surface area contributed by atoms with Crippen molar-refractivity contribution in [1.29, 1.82) is 0 Å². The van der Waals surface area contributed by atoms with Crippen molar-refractivity contribution in [1.82, 2.24) is 0 Å². The smallest absolute Gasteiger partial charge is 0.307 e. The van der Waals surface area contributed by atoms with Crippen LogP contribution in [0.25, 0.3) is 0 Å². The third kappa shape index (κ3) is 32.9. The van der Waals surface area contributed by atoms with Crippen molar-refractivity contribution in [3.05, 3.63) is 24.3 Å². The van der Waals surface area contributed by atoms with E-state index < -0.39 is 23.7 Å². The second kappa shape index (κ2) is 38.2. The molecule has 0 aromatic rings. The predicted octanol–water partition coefficient (Wildman–Crippen LogP) is 14.2. The minimum absolute atomic E-state index is 0.430. The normalized spacial score (nSPS) is 13.1. The van der Waals surface area contributed by atoms with Gasteiger partial charge in [-0.3, -0.25) is 9.59 Å². The largest absolute Gasteiger partial charge is 0.481 e. The molecule has 1 amide bonds. The Morgan fingerprint density at radius 1 is 0.417 bits per heavy atom. The van der Waals surface area contributed by atoms with E-state index in [1.54, 1.807) is 0 Å². The first-order valence-corrected chi connectivity index (χ1v) is 21.4. The molecule has 0 aliphatic heterocycles. The molecule has 4 heteroatoms. The van der Waals surface area contributed by atoms with Gasteiger partial charge in [0.2, 0.25) is 5.91 Å². The molecule has 0 bridgehead atoms. The summed E-state index contributed by atoms with van der Waals surface area (Å²) in [7, 11) is 0. The lowest BCUT2D eigenvalue weighted by Gasteiger charge is -2.21. The molecule has 0 fully saturated rings. The van der Waals surface area contributed by atoms with E-state index in [1.165, 1.54) is 167 Å². The van der Waals surface area contributed by atoms with Gasteiger partial charge >= 0.3 is 5.97 Å². The van der Waals surface area contributed by atoms with Gasteiger partial charge in [0.1, 0.15) is 0 Å². The standard InChI is InChI=1S/C44H83NO3/c1-3-5-7-9-11-13-15-17-19-21-23-25-27-29-31-33-35-37-39-41(43(45)46)42(44(47)48)40-38-36-34-32-30-28-26-24-22-20-18-16-14-12-10-8-6-4-2/h17-20,41-42H,3-16,21-40H2,1-2H3,(H2,45,46)(H,47,48)/b19-17-,20-18-. The summed E-state index contributed by atoms with van der Waals surface area (Å²) in [6.45, 7) is 4.54. The van der Waals surface area contributed by atoms with Gasteiger partial charge in [0.25, 0.3) is 0 Å². The average Bonchev–Trinajstić information content (AvgIpc) is 3.07. The van der Waals surface area contributed by atoms with Gasteiger partial charge in [-0.15, -0.1) is 0 Å². The van der Waals surface area contributed by atoms with Crippen molar-refractivity contribution in [3.8, 4) is 0 Å². The fourth-order valence-electron chi connectivity index (χ4n) is 6.97. The zero-order chi connectivity index (χ0) is 35.2. The van der Waals surface area contributed by atoms with Gasteiger partial charge in [0.15, 0.2) is 0 Å². The van der Waals surface area contributed by atoms with Crippen molar-refractivity contribution in [2.24, 2.45) is 17.6 Å². The number of carbonyl (C=O) groups excluding carboxylic acids is 1. The predicted molar refractivity (Wildman–Crippen MR) is 210 cm³/mol. The Hall–Kier alpha value is -1.58. The summed E-state index contributed by atoms with van der Waals surface area (Å²) in [6, 6.07) is 0. The molecule has 3 N–H and O–H groups in total. The SMILES string of the molecule is CCCCCCCC/C=C\CCCCCCCCCCC(C(N)=O)C(CCCCCCCCCC/C=C\CCCCCCCC)C(=O)O. The summed E-state index contributed by atoms with van der Waals surface area (Å²) in [5.41, 5.74) is 5.71. The van der Waals surface area contributed by atoms with Crippen molar-refractivity contribution in [2.45, 2.75) is 232 Å². The molecule has 2 unspecified atom stereocenters. The molecule has 0 aromatic heterocycles. The highest BCUT2D eigenvalue weighted by atomic mass is 16.4. The first-order valence-electron chi connectivity index (χ1n) is 21.4. The van der Waals surface area contributed by atoms with Crippen LogP contribution in [-0.4, -0.2) is 17.0 Å². The Kier molecular flexibility index (Phi) is 37.0. The molecule has 0 aromatic carbocycles. The van der Waals surface area contributed by atoms with Gasteiger partial charge in [-0.05, 0) is 64.2 Å². The highest BCUT2D eigenvalue weighted by Crippen LogP contribution is 2.26. The number of hydrogen-bond donors (Lipinski definition) is 2. The van der Waals surface area contributed by atoms with Gasteiger partial charge < -0.3 is 10.8 Å². The minimum atomic E-state index is -0.850. The molecular formula is C44H83NO3. The van der Waals surface area contributed by atoms with Gasteiger partial charge in [-0.2, -0.15) is 0 Å². The average molecular weight is 674 g/mol. The number of carboxylic acid groups (broad SMARTS) is 1. The summed E-state index contributed by atoms with van der Waals surface area (Å²) < 4.78 is 0. The van der Waals surface area contributed by atoms with Crippen LogP contribution in [0.5, 0.6) is 0 Å². The number of allylic oxidation sites excluding steroid dienone is 4. The molecule has 0 aliphatic carbocycles. The van der Waals surface area contributed by atoms with E-state index in [0.29, 0.717) is 12.8 Å². The molecule has 0 rings (SSSR count). The minimum Gasteiger partial charge on any atom is -0.481 e. The van der Waals surface area contributed by atoms with E-state index in [-0.39, 0.29) is 0 Å². The van der Waals surface area contributed by atoms with Crippen LogP contribution < -0.4 is 5.73 Å². The van der Waals surface area contributed by atoms with Crippen LogP contribution in [0, 0.1) is 11.8 Å². The second-order valence-electron chi connectivity index (χ2n) is 14.8. The maximum atomic E-state index is 12.2. The molecule has 0 heterocycles. The van der Waals surface area contributed by atoms with Gasteiger partial charge in [0, 0.05) is 0 Å². The Bertz CT molecular complexity index is 683. The number of primary amides is 1. The van der Waals surface area contributed by atoms with Crippen LogP contribution in [0.1, 0.15) is 232 Å². The molecule has 48 heavy (non-hydrogen) atoms. The van der Waals surface area contributed by atoms with Gasteiger partial charge in [-0.25, -0.2) is 0 Å². The van der Waals surface area contributed by atoms with Crippen LogP contribution in [0.4, 0.5) is 0 Å². The Labute approximate surface area is 300 Å². The summed E-state index contributed by atoms with van der Waals surface area (Å²) in [5, 5.41) is 9.87. The fourth-order valence-corrected chi connectivity index (χ4v) is 6.97. The van der Waals surface area contributed by atoms with Crippen molar-refractivity contribution in [2.75, 3.05) is 0 Å². The zero-order valence-electron chi connectivity index (χ0n) is 32.3. The summed E-state index contributed by atoms with van der Waals surface area (Å²) in [4.78, 5) is 24.2. The van der Waals surface area contributed by atoms with Crippen molar-refractivity contribution >= 4 is 11.9 Å². The summed E-state index contributed by atoms with van der Waals surface area (Å²) in [6.07, 6.45) is 51.1. The number of hydrogen-bond acceptors (Lipinski definition) is 2. The zero-order valence-corrected chi connectivity index (χ0v) is 32.3. The number of carboxylic acids is 1. The summed E-state index contributed by atoms with van der Waals surface area (Å²) >= 11 is 0. The third-order valence-electron chi connectivity index (χ3n) is 10.2. The molecule has 0 aliphatic rings. The fraction of sp³-hybridized carbons (Fsp3) is 0.864. The first-order chi connectivity index (χ1) is 23.5. The van der Waals surface area contributed by atoms with E-state index in [9.17, 15) is 14.7 Å². The van der Waals surface area contributed by atoms with Crippen LogP contribution >= 0.6 is 0 Å². The molecular weight excluding hydrogens is 590 g/mol. The van der Waals surface area contributed by atoms with Gasteiger partial charge in [0.05, 0.1) is 11.8 Å². The Balaban J connectivity index is 3.78. The maximum Gasteiger partial charge on any atom is 0.307 e. The van der Waals surface area contributed by atoms with E-state index in [4.69, 9.17) is 5.73 Å². The number of aliphatic carboxylic acids is 1. The van der Waals surface area contributed by atoms with Crippen molar-refractivity contribution < 1.29 is 14.7 Å². The number of nitrogens with two attached hydrogens (primary N) is 1. The maximum absolute atomic E-state index is 12.2. The molecule has 2 atom stereocenters. The van der Waals surface area contributed by atoms with Crippen LogP contribution in [-0.2, 0) is 9.59 Å². The molecule has 0 spiro atoms. The number of carbonyl (C=O) groups is 2. The quantitative estimate of drug-likeness (QED) is 0.0503. The second-order valence-corrected chi connectivity index (χ2v) is 14.8. The van der Waals surface area contributed by atoms with E-state index in [2.05, 4.69) is 38.2 Å². The molecule has 282 valence electrons. The van der Waals surface area contributed by atoms with Crippen molar-refractivity contribution in [3.63, 3.8) is 0 Å². The number of amides is 1. The lowest BCUT2D eigenvalue weighted by Crippen LogP contribution is -2.34. The number of unbranched alkanes of at least 4 members (excludes halogenated alkanes) is 28. The molecule has 0 saturated carbocycles. The van der Waals surface area contributed by atoms with E-state index >= 15 is 0 Å².